The Labute approximate surface area is 146 Å². The molecule has 1 unspecified atom stereocenters. The highest BCUT2D eigenvalue weighted by Crippen LogP contribution is 2.22. The maximum absolute atomic E-state index is 12.6. The lowest BCUT2D eigenvalue weighted by Crippen LogP contribution is -2.29. The molecule has 1 fully saturated rings. The van der Waals surface area contributed by atoms with Gasteiger partial charge in [0.2, 0.25) is 5.78 Å². The number of nitriles is 1. The van der Waals surface area contributed by atoms with Gasteiger partial charge in [-0.15, -0.1) is 0 Å². The van der Waals surface area contributed by atoms with Gasteiger partial charge in [-0.1, -0.05) is 0 Å². The minimum Gasteiger partial charge on any atom is -0.372 e. The van der Waals surface area contributed by atoms with Crippen LogP contribution in [-0.4, -0.2) is 34.2 Å². The van der Waals surface area contributed by atoms with E-state index in [1.807, 2.05) is 18.2 Å². The van der Waals surface area contributed by atoms with Crippen LogP contribution in [0.5, 0.6) is 0 Å². The van der Waals surface area contributed by atoms with E-state index in [2.05, 4.69) is 9.88 Å². The molecule has 3 rings (SSSR count). The summed E-state index contributed by atoms with van der Waals surface area (Å²) >= 11 is 0. The summed E-state index contributed by atoms with van der Waals surface area (Å²) in [7, 11) is 1.66. The van der Waals surface area contributed by atoms with E-state index in [1.54, 1.807) is 25.4 Å². The summed E-state index contributed by atoms with van der Waals surface area (Å²) in [6.07, 6.45) is 6.69. The van der Waals surface area contributed by atoms with Crippen molar-refractivity contribution in [3.63, 3.8) is 0 Å². The summed E-state index contributed by atoms with van der Waals surface area (Å²) < 4.78 is 1.51. The van der Waals surface area contributed by atoms with Crippen LogP contribution in [-0.2, 0) is 7.05 Å². The van der Waals surface area contributed by atoms with Gasteiger partial charge in [0.05, 0.1) is 6.07 Å². The Hall–Kier alpha value is -2.94. The van der Waals surface area contributed by atoms with Crippen molar-refractivity contribution in [2.45, 2.75) is 19.3 Å². The van der Waals surface area contributed by atoms with Crippen molar-refractivity contribution in [3.8, 4) is 6.07 Å². The monoisotopic (exact) mass is 336 g/mol. The van der Waals surface area contributed by atoms with E-state index in [1.165, 1.54) is 30.0 Å². The van der Waals surface area contributed by atoms with Crippen molar-refractivity contribution in [1.82, 2.24) is 9.55 Å². The first-order chi connectivity index (χ1) is 12.1. The molecule has 25 heavy (non-hydrogen) atoms. The number of ketones is 2. The third-order valence-corrected chi connectivity index (χ3v) is 4.57. The van der Waals surface area contributed by atoms with Crippen LogP contribution in [0.15, 0.2) is 36.7 Å². The number of aryl methyl sites for hydroxylation is 1. The molecule has 1 aromatic carbocycles. The zero-order valence-corrected chi connectivity index (χ0v) is 14.2. The first-order valence-corrected chi connectivity index (χ1v) is 8.42. The number of benzene rings is 1. The summed E-state index contributed by atoms with van der Waals surface area (Å²) in [5, 5.41) is 9.34. The minimum absolute atomic E-state index is 0.116. The second kappa shape index (κ2) is 7.31. The predicted octanol–water partition coefficient (Wildman–Crippen LogP) is 2.62. The van der Waals surface area contributed by atoms with Crippen LogP contribution >= 0.6 is 0 Å². The second-order valence-electron chi connectivity index (χ2n) is 6.25. The summed E-state index contributed by atoms with van der Waals surface area (Å²) in [4.78, 5) is 31.3. The summed E-state index contributed by atoms with van der Waals surface area (Å²) in [6.45, 7) is 2.04. The Morgan fingerprint density at radius 2 is 1.80 bits per heavy atom. The zero-order valence-electron chi connectivity index (χ0n) is 14.2. The van der Waals surface area contributed by atoms with Crippen LogP contribution < -0.4 is 4.90 Å². The molecule has 2 heterocycles. The predicted molar refractivity (Wildman–Crippen MR) is 93.5 cm³/mol. The highest BCUT2D eigenvalue weighted by Gasteiger charge is 2.30. The quantitative estimate of drug-likeness (QED) is 0.619. The number of imidazole rings is 1. The smallest absolute Gasteiger partial charge is 0.223 e. The number of carbonyl (C=O) groups is 2. The Kier molecular flexibility index (Phi) is 4.94. The van der Waals surface area contributed by atoms with Crippen molar-refractivity contribution >= 4 is 17.3 Å². The lowest BCUT2D eigenvalue weighted by Gasteiger charge is -2.28. The molecule has 0 saturated carbocycles. The number of anilines is 1. The fourth-order valence-corrected chi connectivity index (χ4v) is 3.12. The fourth-order valence-electron chi connectivity index (χ4n) is 3.12. The molecule has 1 aliphatic rings. The van der Waals surface area contributed by atoms with Crippen LogP contribution in [0.25, 0.3) is 0 Å². The van der Waals surface area contributed by atoms with Crippen LogP contribution in [0.2, 0.25) is 0 Å². The topological polar surface area (TPSA) is 79.0 Å². The third kappa shape index (κ3) is 3.45. The molecule has 1 atom stereocenters. The van der Waals surface area contributed by atoms with Gasteiger partial charge in [0.25, 0.3) is 0 Å². The standard InChI is InChI=1S/C19H20N4O2/c1-22-12-9-21-19(22)18(25)16(13-20)17(24)14-5-7-15(8-6-14)23-10-3-2-4-11-23/h5-9,12,16H,2-4,10-11H2,1H3. The van der Waals surface area contributed by atoms with Crippen molar-refractivity contribution in [3.05, 3.63) is 48.0 Å². The average molecular weight is 336 g/mol. The van der Waals surface area contributed by atoms with Gasteiger partial charge in [-0.05, 0) is 43.5 Å². The molecule has 0 bridgehead atoms. The first kappa shape index (κ1) is 16.9. The number of hydrogen-bond acceptors (Lipinski definition) is 5. The minimum atomic E-state index is -1.37. The SMILES string of the molecule is Cn1ccnc1C(=O)C(C#N)C(=O)c1ccc(N2CCCCC2)cc1. The van der Waals surface area contributed by atoms with E-state index < -0.39 is 17.5 Å². The van der Waals surface area contributed by atoms with E-state index in [9.17, 15) is 14.9 Å². The van der Waals surface area contributed by atoms with Gasteiger partial charge in [-0.2, -0.15) is 5.26 Å². The highest BCUT2D eigenvalue weighted by atomic mass is 16.2. The molecule has 6 heteroatoms. The molecule has 0 aliphatic carbocycles. The number of aromatic nitrogens is 2. The molecule has 0 N–H and O–H groups in total. The van der Waals surface area contributed by atoms with Crippen molar-refractivity contribution in [1.29, 1.82) is 5.26 Å². The van der Waals surface area contributed by atoms with Crippen LogP contribution in [0, 0.1) is 17.2 Å². The number of carbonyl (C=O) groups excluding carboxylic acids is 2. The van der Waals surface area contributed by atoms with Crippen LogP contribution in [0.3, 0.4) is 0 Å². The average Bonchev–Trinajstić information content (AvgIpc) is 3.09. The van der Waals surface area contributed by atoms with E-state index in [0.717, 1.165) is 18.8 Å². The zero-order chi connectivity index (χ0) is 17.8. The Bertz CT molecular complexity index is 811. The summed E-state index contributed by atoms with van der Waals surface area (Å²) in [6, 6.07) is 9.00. The van der Waals surface area contributed by atoms with Gasteiger partial charge >= 0.3 is 0 Å². The van der Waals surface area contributed by atoms with E-state index in [4.69, 9.17) is 0 Å². The summed E-state index contributed by atoms with van der Waals surface area (Å²) in [5.41, 5.74) is 1.44. The third-order valence-electron chi connectivity index (χ3n) is 4.57. The Balaban J connectivity index is 1.78. The number of piperidine rings is 1. The maximum atomic E-state index is 12.6. The number of rotatable bonds is 5. The lowest BCUT2D eigenvalue weighted by molar-refractivity contribution is 0.0838. The van der Waals surface area contributed by atoms with Crippen LogP contribution in [0.4, 0.5) is 5.69 Å². The highest BCUT2D eigenvalue weighted by molar-refractivity contribution is 6.17. The maximum Gasteiger partial charge on any atom is 0.223 e. The van der Waals surface area contributed by atoms with E-state index in [-0.39, 0.29) is 5.82 Å². The Morgan fingerprint density at radius 1 is 1.12 bits per heavy atom. The lowest BCUT2D eigenvalue weighted by atomic mass is 9.94. The summed E-state index contributed by atoms with van der Waals surface area (Å²) in [5.74, 6) is -2.31. The van der Waals surface area contributed by atoms with E-state index in [0.29, 0.717) is 5.56 Å². The fraction of sp³-hybridized carbons (Fsp3) is 0.368. The van der Waals surface area contributed by atoms with Gasteiger partial charge in [0, 0.05) is 43.8 Å². The number of hydrogen-bond donors (Lipinski definition) is 0. The van der Waals surface area contributed by atoms with Crippen molar-refractivity contribution < 1.29 is 9.59 Å². The molecule has 1 saturated heterocycles. The Morgan fingerprint density at radius 3 is 2.36 bits per heavy atom. The van der Waals surface area contributed by atoms with Gasteiger partial charge in [0.15, 0.2) is 17.5 Å². The molecule has 0 spiro atoms. The molecular formula is C19H20N4O2. The van der Waals surface area contributed by atoms with Crippen LogP contribution in [0.1, 0.15) is 40.2 Å². The molecule has 2 aromatic rings. The molecule has 1 aliphatic heterocycles. The normalized spacial score (nSPS) is 15.4. The van der Waals surface area contributed by atoms with Gasteiger partial charge in [-0.3, -0.25) is 9.59 Å². The van der Waals surface area contributed by atoms with Gasteiger partial charge in [0.1, 0.15) is 0 Å². The van der Waals surface area contributed by atoms with Crippen molar-refractivity contribution in [2.75, 3.05) is 18.0 Å². The molecule has 6 nitrogen and oxygen atoms in total. The van der Waals surface area contributed by atoms with Crippen molar-refractivity contribution in [2.24, 2.45) is 13.0 Å². The largest absolute Gasteiger partial charge is 0.372 e. The number of nitrogens with zero attached hydrogens (tertiary/aromatic N) is 4. The molecular weight excluding hydrogens is 316 g/mol. The van der Waals surface area contributed by atoms with Gasteiger partial charge in [-0.25, -0.2) is 4.98 Å². The second-order valence-corrected chi connectivity index (χ2v) is 6.25. The first-order valence-electron chi connectivity index (χ1n) is 8.42. The molecule has 1 aromatic heterocycles. The number of Topliss-reactive ketones (excluding diaryl/α,β-unsaturated/α-hetero) is 2. The molecule has 0 radical (unpaired) electrons. The van der Waals surface area contributed by atoms with E-state index >= 15 is 0 Å². The van der Waals surface area contributed by atoms with Gasteiger partial charge < -0.3 is 9.47 Å². The molecule has 128 valence electrons. The molecule has 0 amide bonds.